The summed E-state index contributed by atoms with van der Waals surface area (Å²) in [5.41, 5.74) is 11.9. The minimum atomic E-state index is 0.546. The Morgan fingerprint density at radius 1 is 0.357 bits per heavy atom. The van der Waals surface area contributed by atoms with E-state index in [1.165, 1.54) is 21.9 Å². The van der Waals surface area contributed by atoms with Crippen molar-refractivity contribution < 1.29 is 4.42 Å². The van der Waals surface area contributed by atoms with E-state index >= 15 is 0 Å². The molecule has 56 heavy (non-hydrogen) atoms. The zero-order valence-corrected chi connectivity index (χ0v) is 30.2. The monoisotopic (exact) mass is 716 g/mol. The molecule has 8 aromatic carbocycles. The molecule has 11 rings (SSSR count). The highest BCUT2D eigenvalue weighted by Crippen LogP contribution is 2.42. The van der Waals surface area contributed by atoms with Gasteiger partial charge in [0.05, 0.1) is 22.3 Å². The van der Waals surface area contributed by atoms with Crippen molar-refractivity contribution in [1.82, 2.24) is 19.5 Å². The topological polar surface area (TPSA) is 56.7 Å². The molecular formula is C51H32N4O. The molecule has 3 aromatic heterocycles. The average molecular weight is 717 g/mol. The largest absolute Gasteiger partial charge is 0.455 e. The summed E-state index contributed by atoms with van der Waals surface area (Å²) in [5.74, 6) is 1.71. The van der Waals surface area contributed by atoms with E-state index < -0.39 is 0 Å². The van der Waals surface area contributed by atoms with Gasteiger partial charge in [-0.25, -0.2) is 15.0 Å². The Labute approximate surface area is 322 Å². The van der Waals surface area contributed by atoms with Crippen LogP contribution < -0.4 is 0 Å². The highest BCUT2D eigenvalue weighted by atomic mass is 16.3. The van der Waals surface area contributed by atoms with Crippen LogP contribution in [0.5, 0.6) is 0 Å². The highest BCUT2D eigenvalue weighted by Gasteiger charge is 2.23. The minimum absolute atomic E-state index is 0.546. The van der Waals surface area contributed by atoms with Gasteiger partial charge >= 0.3 is 0 Å². The van der Waals surface area contributed by atoms with Crippen molar-refractivity contribution in [1.29, 1.82) is 0 Å². The molecule has 0 aliphatic rings. The van der Waals surface area contributed by atoms with E-state index in [-0.39, 0.29) is 0 Å². The molecule has 0 N–H and O–H groups in total. The molecule has 0 saturated carbocycles. The van der Waals surface area contributed by atoms with Gasteiger partial charge in [-0.3, -0.25) is 0 Å². The molecule has 0 unspecified atom stereocenters. The number of aromatic nitrogens is 4. The van der Waals surface area contributed by atoms with Crippen molar-refractivity contribution in [2.75, 3.05) is 0 Å². The summed E-state index contributed by atoms with van der Waals surface area (Å²) in [6, 6.07) is 67.5. The zero-order valence-electron chi connectivity index (χ0n) is 30.2. The van der Waals surface area contributed by atoms with E-state index in [4.69, 9.17) is 19.4 Å². The van der Waals surface area contributed by atoms with Gasteiger partial charge in [0.25, 0.3) is 0 Å². The van der Waals surface area contributed by atoms with Crippen LogP contribution in [-0.2, 0) is 0 Å². The first-order valence-electron chi connectivity index (χ1n) is 18.8. The first-order valence-corrected chi connectivity index (χ1v) is 18.8. The van der Waals surface area contributed by atoms with Crippen molar-refractivity contribution in [2.24, 2.45) is 0 Å². The van der Waals surface area contributed by atoms with Gasteiger partial charge in [0.2, 0.25) is 0 Å². The van der Waals surface area contributed by atoms with Gasteiger partial charge in [-0.05, 0) is 58.7 Å². The molecule has 0 spiro atoms. The summed E-state index contributed by atoms with van der Waals surface area (Å²) in [6.07, 6.45) is 0. The fourth-order valence-corrected chi connectivity index (χ4v) is 8.11. The normalized spacial score (nSPS) is 11.6. The van der Waals surface area contributed by atoms with Crippen LogP contribution >= 0.6 is 0 Å². The van der Waals surface area contributed by atoms with E-state index in [2.05, 4.69) is 138 Å². The molecule has 0 fully saturated rings. The lowest BCUT2D eigenvalue weighted by Gasteiger charge is -2.16. The second-order valence-electron chi connectivity index (χ2n) is 14.0. The second kappa shape index (κ2) is 13.0. The molecule has 0 bridgehead atoms. The fraction of sp³-hybridized carbons (Fsp3) is 0. The Kier molecular flexibility index (Phi) is 7.42. The number of nitrogens with zero attached hydrogens (tertiary/aromatic N) is 4. The fourth-order valence-electron chi connectivity index (χ4n) is 8.11. The van der Waals surface area contributed by atoms with Crippen molar-refractivity contribution in [3.8, 4) is 62.1 Å². The minimum Gasteiger partial charge on any atom is -0.455 e. The molecule has 0 atom stereocenters. The summed E-state index contributed by atoms with van der Waals surface area (Å²) in [5, 5.41) is 4.45. The van der Waals surface area contributed by atoms with Crippen molar-refractivity contribution in [2.45, 2.75) is 0 Å². The molecule has 0 aliphatic heterocycles. The maximum absolute atomic E-state index is 6.52. The predicted octanol–water partition coefficient (Wildman–Crippen LogP) is 13.2. The predicted molar refractivity (Wildman–Crippen MR) is 229 cm³/mol. The third-order valence-corrected chi connectivity index (χ3v) is 10.7. The van der Waals surface area contributed by atoms with Crippen LogP contribution in [0.2, 0.25) is 0 Å². The lowest BCUT2D eigenvalue weighted by Crippen LogP contribution is -2.04. The van der Waals surface area contributed by atoms with E-state index in [1.54, 1.807) is 0 Å². The smallest absolute Gasteiger partial charge is 0.167 e. The zero-order chi connectivity index (χ0) is 37.0. The van der Waals surface area contributed by atoms with E-state index in [9.17, 15) is 0 Å². The molecule has 3 heterocycles. The van der Waals surface area contributed by atoms with E-state index in [0.29, 0.717) is 17.5 Å². The second-order valence-corrected chi connectivity index (χ2v) is 14.0. The first kappa shape index (κ1) is 31.9. The number of furan rings is 1. The average Bonchev–Trinajstić information content (AvgIpc) is 3.83. The number of para-hydroxylation sites is 3. The molecule has 0 radical (unpaired) electrons. The van der Waals surface area contributed by atoms with Crippen molar-refractivity contribution >= 4 is 43.7 Å². The van der Waals surface area contributed by atoms with Crippen LogP contribution in [0.25, 0.3) is 106 Å². The number of benzene rings is 8. The van der Waals surface area contributed by atoms with Gasteiger partial charge in [-0.1, -0.05) is 158 Å². The summed E-state index contributed by atoms with van der Waals surface area (Å²) in [4.78, 5) is 15.7. The molecule has 5 heteroatoms. The van der Waals surface area contributed by atoms with Crippen LogP contribution in [0.15, 0.2) is 199 Å². The van der Waals surface area contributed by atoms with Gasteiger partial charge in [0, 0.05) is 32.7 Å². The molecule has 0 saturated heterocycles. The Balaban J connectivity index is 1.22. The maximum Gasteiger partial charge on any atom is 0.167 e. The number of hydrogen-bond donors (Lipinski definition) is 0. The van der Waals surface area contributed by atoms with E-state index in [1.807, 2.05) is 60.7 Å². The Morgan fingerprint density at radius 2 is 0.929 bits per heavy atom. The quantitative estimate of drug-likeness (QED) is 0.172. The molecule has 262 valence electrons. The summed E-state index contributed by atoms with van der Waals surface area (Å²) in [7, 11) is 0. The van der Waals surface area contributed by atoms with Gasteiger partial charge in [0.15, 0.2) is 17.5 Å². The molecule has 0 amide bonds. The molecule has 11 aromatic rings. The standard InChI is InChI=1S/C51H32N4O/c1-4-16-33(17-5-1)36-30-31-41(45(32-36)55-43-27-12-10-23-40(43)47-37(24-15-28-44(47)55)34-18-6-2-7-19-34)50-52-49(35-20-8-3-9-21-35)53-51(54-50)42-26-14-25-39-38-22-11-13-29-46(38)56-48(39)42/h1-32H. The number of fused-ring (bicyclic) bond motifs is 6. The Hall–Kier alpha value is -7.63. The summed E-state index contributed by atoms with van der Waals surface area (Å²) >= 11 is 0. The van der Waals surface area contributed by atoms with Gasteiger partial charge in [0.1, 0.15) is 11.2 Å². The van der Waals surface area contributed by atoms with E-state index in [0.717, 1.165) is 66.5 Å². The van der Waals surface area contributed by atoms with Gasteiger partial charge in [-0.2, -0.15) is 0 Å². The van der Waals surface area contributed by atoms with Crippen molar-refractivity contribution in [3.05, 3.63) is 194 Å². The lowest BCUT2D eigenvalue weighted by molar-refractivity contribution is 0.669. The highest BCUT2D eigenvalue weighted by molar-refractivity contribution is 6.16. The van der Waals surface area contributed by atoms with Gasteiger partial charge in [-0.15, -0.1) is 0 Å². The number of hydrogen-bond acceptors (Lipinski definition) is 4. The maximum atomic E-state index is 6.52. The molecule has 0 aliphatic carbocycles. The van der Waals surface area contributed by atoms with Crippen LogP contribution in [-0.4, -0.2) is 19.5 Å². The van der Waals surface area contributed by atoms with Crippen LogP contribution in [0.1, 0.15) is 0 Å². The third kappa shape index (κ3) is 5.21. The lowest BCUT2D eigenvalue weighted by atomic mass is 9.99. The van der Waals surface area contributed by atoms with Crippen LogP contribution in [0.3, 0.4) is 0 Å². The first-order chi connectivity index (χ1) is 27.8. The Morgan fingerprint density at radius 3 is 1.71 bits per heavy atom. The molecular weight excluding hydrogens is 685 g/mol. The number of rotatable bonds is 6. The van der Waals surface area contributed by atoms with Crippen molar-refractivity contribution in [3.63, 3.8) is 0 Å². The Bertz CT molecular complexity index is 3240. The third-order valence-electron chi connectivity index (χ3n) is 10.7. The van der Waals surface area contributed by atoms with Crippen LogP contribution in [0.4, 0.5) is 0 Å². The summed E-state index contributed by atoms with van der Waals surface area (Å²) < 4.78 is 8.90. The summed E-state index contributed by atoms with van der Waals surface area (Å²) in [6.45, 7) is 0. The SMILES string of the molecule is c1ccc(-c2ccc(-c3nc(-c4ccccc4)nc(-c4cccc5c4oc4ccccc45)n3)c(-n3c4ccccc4c4c(-c5ccccc5)cccc43)c2)cc1. The van der Waals surface area contributed by atoms with Gasteiger partial charge < -0.3 is 8.98 Å². The molecule has 5 nitrogen and oxygen atoms in total. The van der Waals surface area contributed by atoms with Crippen LogP contribution in [0, 0.1) is 0 Å².